The van der Waals surface area contributed by atoms with E-state index in [4.69, 9.17) is 4.74 Å². The van der Waals surface area contributed by atoms with Crippen LogP contribution >= 0.6 is 11.8 Å². The van der Waals surface area contributed by atoms with Crippen molar-refractivity contribution in [2.24, 2.45) is 4.40 Å². The van der Waals surface area contributed by atoms with E-state index in [1.54, 1.807) is 31.2 Å². The molecule has 1 aliphatic rings. The van der Waals surface area contributed by atoms with Gasteiger partial charge in [-0.3, -0.25) is 14.5 Å². The highest BCUT2D eigenvalue weighted by atomic mass is 32.2. The van der Waals surface area contributed by atoms with E-state index in [0.29, 0.717) is 11.4 Å². The summed E-state index contributed by atoms with van der Waals surface area (Å²) in [7, 11) is -2.63. The van der Waals surface area contributed by atoms with Gasteiger partial charge < -0.3 is 10.1 Å². The lowest BCUT2D eigenvalue weighted by Crippen LogP contribution is -2.33. The number of methoxy groups -OCH3 is 1. The summed E-state index contributed by atoms with van der Waals surface area (Å²) in [6.07, 6.45) is -0.160. The van der Waals surface area contributed by atoms with Crippen molar-refractivity contribution in [1.29, 1.82) is 0 Å². The fourth-order valence-corrected chi connectivity index (χ4v) is 5.26. The van der Waals surface area contributed by atoms with E-state index in [9.17, 15) is 22.4 Å². The van der Waals surface area contributed by atoms with E-state index in [2.05, 4.69) is 9.71 Å². The van der Waals surface area contributed by atoms with Gasteiger partial charge in [-0.2, -0.15) is 8.42 Å². The van der Waals surface area contributed by atoms with Crippen LogP contribution in [0.4, 0.5) is 10.1 Å². The molecule has 2 aromatic rings. The predicted molar refractivity (Wildman–Crippen MR) is 116 cm³/mol. The van der Waals surface area contributed by atoms with E-state index in [-0.39, 0.29) is 23.0 Å². The maximum absolute atomic E-state index is 13.1. The average Bonchev–Trinajstić information content (AvgIpc) is 3.01. The molecule has 11 heteroatoms. The summed E-state index contributed by atoms with van der Waals surface area (Å²) in [6.45, 7) is 1.87. The minimum atomic E-state index is -4.14. The fourth-order valence-electron chi connectivity index (χ4n) is 2.84. The molecule has 31 heavy (non-hydrogen) atoms. The summed E-state index contributed by atoms with van der Waals surface area (Å²) in [5.74, 6) is -0.810. The van der Waals surface area contributed by atoms with E-state index in [1.807, 2.05) is 0 Å². The van der Waals surface area contributed by atoms with Crippen molar-refractivity contribution in [3.8, 4) is 5.75 Å². The quantitative estimate of drug-likeness (QED) is 0.674. The van der Waals surface area contributed by atoms with Gasteiger partial charge in [-0.25, -0.2) is 4.39 Å². The Labute approximate surface area is 183 Å². The molecule has 0 radical (unpaired) electrons. The highest BCUT2D eigenvalue weighted by Crippen LogP contribution is 2.31. The minimum Gasteiger partial charge on any atom is -0.497 e. The molecular weight excluding hydrogens is 445 g/mol. The lowest BCUT2D eigenvalue weighted by atomic mass is 10.2. The molecule has 164 valence electrons. The molecule has 0 saturated carbocycles. The van der Waals surface area contributed by atoms with Crippen LogP contribution in [-0.4, -0.2) is 49.2 Å². The number of nitrogens with zero attached hydrogens (tertiary/aromatic N) is 2. The Kier molecular flexibility index (Phi) is 6.96. The Hall–Kier alpha value is -2.92. The zero-order valence-corrected chi connectivity index (χ0v) is 18.4. The first kappa shape index (κ1) is 22.8. The molecular formula is C20H20FN3O5S2. The number of hydrogen-bond acceptors (Lipinski definition) is 6. The number of amidine groups is 1. The number of rotatable bonds is 7. The lowest BCUT2D eigenvalue weighted by Gasteiger charge is -2.13. The second-order valence-electron chi connectivity index (χ2n) is 6.48. The molecule has 3 rings (SSSR count). The highest BCUT2D eigenvalue weighted by molar-refractivity contribution is 8.16. The second kappa shape index (κ2) is 9.48. The van der Waals surface area contributed by atoms with E-state index < -0.39 is 32.9 Å². The molecule has 0 bridgehead atoms. The Morgan fingerprint density at radius 3 is 2.61 bits per heavy atom. The maximum Gasteiger partial charge on any atom is 0.284 e. The van der Waals surface area contributed by atoms with Crippen LogP contribution in [0.3, 0.4) is 0 Å². The van der Waals surface area contributed by atoms with Gasteiger partial charge in [0.25, 0.3) is 10.0 Å². The second-order valence-corrected chi connectivity index (χ2v) is 9.25. The Balaban J connectivity index is 1.75. The van der Waals surface area contributed by atoms with Crippen molar-refractivity contribution in [3.05, 3.63) is 54.3 Å². The standard InChI is InChI=1S/C20H20FN3O5S2/c1-3-24-19(26)17(12-18(25)22-14-5-4-6-15(11-14)29-2)30-20(24)23-31(27,28)16-9-7-13(21)8-10-16/h4-11,17H,3,12H2,1-2H3,(H,22,25)/b23-20+. The topological polar surface area (TPSA) is 105 Å². The number of halogens is 1. The van der Waals surface area contributed by atoms with Crippen LogP contribution in [0.5, 0.6) is 5.75 Å². The van der Waals surface area contributed by atoms with E-state index in [0.717, 1.165) is 36.0 Å². The van der Waals surface area contributed by atoms with E-state index in [1.165, 1.54) is 12.0 Å². The van der Waals surface area contributed by atoms with Gasteiger partial charge >= 0.3 is 0 Å². The molecule has 0 aromatic heterocycles. The van der Waals surface area contributed by atoms with Gasteiger partial charge in [0.2, 0.25) is 11.8 Å². The van der Waals surface area contributed by atoms with Gasteiger partial charge in [-0.15, -0.1) is 4.40 Å². The summed E-state index contributed by atoms with van der Waals surface area (Å²) in [5.41, 5.74) is 0.514. The van der Waals surface area contributed by atoms with Gasteiger partial charge in [0, 0.05) is 24.7 Å². The SMILES string of the molecule is CCN1C(=O)C(CC(=O)Nc2cccc(OC)c2)S/C1=N/S(=O)(=O)c1ccc(F)cc1. The molecule has 1 atom stereocenters. The molecule has 1 aliphatic heterocycles. The molecule has 1 unspecified atom stereocenters. The predicted octanol–water partition coefficient (Wildman–Crippen LogP) is 2.87. The first-order valence-corrected chi connectivity index (χ1v) is 11.6. The van der Waals surface area contributed by atoms with Crippen molar-refractivity contribution in [2.45, 2.75) is 23.5 Å². The summed E-state index contributed by atoms with van der Waals surface area (Å²) in [4.78, 5) is 26.1. The normalized spacial score (nSPS) is 17.8. The third-order valence-corrected chi connectivity index (χ3v) is 6.94. The average molecular weight is 466 g/mol. The number of nitrogens with one attached hydrogen (secondary N) is 1. The number of thioether (sulfide) groups is 1. The van der Waals surface area contributed by atoms with Crippen LogP contribution in [0.1, 0.15) is 13.3 Å². The third-order valence-electron chi connectivity index (χ3n) is 4.37. The van der Waals surface area contributed by atoms with Crippen LogP contribution in [0.15, 0.2) is 57.8 Å². The molecule has 1 fully saturated rings. The fraction of sp³-hybridized carbons (Fsp3) is 0.250. The summed E-state index contributed by atoms with van der Waals surface area (Å²) in [5, 5.41) is 1.86. The lowest BCUT2D eigenvalue weighted by molar-refractivity contribution is -0.128. The van der Waals surface area contributed by atoms with Gasteiger partial charge in [0.05, 0.1) is 12.0 Å². The number of ether oxygens (including phenoxy) is 1. The summed E-state index contributed by atoms with van der Waals surface area (Å²) >= 11 is 0.910. The highest BCUT2D eigenvalue weighted by Gasteiger charge is 2.39. The van der Waals surface area contributed by atoms with Crippen LogP contribution in [0.25, 0.3) is 0 Å². The van der Waals surface area contributed by atoms with Gasteiger partial charge in [0.1, 0.15) is 16.8 Å². The zero-order chi connectivity index (χ0) is 22.6. The smallest absolute Gasteiger partial charge is 0.284 e. The third kappa shape index (κ3) is 5.42. The van der Waals surface area contributed by atoms with Crippen molar-refractivity contribution in [2.75, 3.05) is 19.0 Å². The van der Waals surface area contributed by atoms with Crippen LogP contribution in [0.2, 0.25) is 0 Å². The zero-order valence-electron chi connectivity index (χ0n) is 16.7. The number of benzene rings is 2. The molecule has 1 saturated heterocycles. The van der Waals surface area contributed by atoms with Crippen molar-refractivity contribution in [3.63, 3.8) is 0 Å². The number of anilines is 1. The summed E-state index contributed by atoms with van der Waals surface area (Å²) < 4.78 is 47.0. The van der Waals surface area contributed by atoms with Gasteiger partial charge in [-0.1, -0.05) is 17.8 Å². The molecule has 2 aromatic carbocycles. The van der Waals surface area contributed by atoms with Crippen molar-refractivity contribution in [1.82, 2.24) is 4.90 Å². The van der Waals surface area contributed by atoms with Crippen molar-refractivity contribution >= 4 is 44.5 Å². The Morgan fingerprint density at radius 2 is 1.97 bits per heavy atom. The number of carbonyl (C=O) groups is 2. The van der Waals surface area contributed by atoms with Gasteiger partial charge in [-0.05, 0) is 43.3 Å². The number of sulfonamides is 1. The monoisotopic (exact) mass is 465 g/mol. The summed E-state index contributed by atoms with van der Waals surface area (Å²) in [6, 6.07) is 11.0. The number of carbonyl (C=O) groups excluding carboxylic acids is 2. The largest absolute Gasteiger partial charge is 0.497 e. The molecule has 0 spiro atoms. The van der Waals surface area contributed by atoms with Crippen molar-refractivity contribution < 1.29 is 27.1 Å². The van der Waals surface area contributed by atoms with Gasteiger partial charge in [0.15, 0.2) is 5.17 Å². The maximum atomic E-state index is 13.1. The molecule has 2 amide bonds. The first-order chi connectivity index (χ1) is 14.7. The van der Waals surface area contributed by atoms with Crippen LogP contribution in [-0.2, 0) is 19.6 Å². The van der Waals surface area contributed by atoms with Crippen LogP contribution in [0, 0.1) is 5.82 Å². The van der Waals surface area contributed by atoms with Crippen LogP contribution < -0.4 is 10.1 Å². The molecule has 1 heterocycles. The molecule has 8 nitrogen and oxygen atoms in total. The number of amides is 2. The Morgan fingerprint density at radius 1 is 1.26 bits per heavy atom. The molecule has 0 aliphatic carbocycles. The Bertz CT molecular complexity index is 1120. The van der Waals surface area contributed by atoms with E-state index >= 15 is 0 Å². The molecule has 1 N–H and O–H groups in total. The first-order valence-electron chi connectivity index (χ1n) is 9.26. The number of hydrogen-bond donors (Lipinski definition) is 1. The minimum absolute atomic E-state index is 0.0176.